The zero-order valence-electron chi connectivity index (χ0n) is 35.3. The molecule has 5 heterocycles. The topological polar surface area (TPSA) is 196 Å². The normalized spacial score (nSPS) is 37.4. The van der Waals surface area contributed by atoms with Gasteiger partial charge in [-0.15, -0.1) is 0 Å². The first-order valence-electron chi connectivity index (χ1n) is 20.1. The highest BCUT2D eigenvalue weighted by Crippen LogP contribution is 2.39. The van der Waals surface area contributed by atoms with Crippen LogP contribution in [0.3, 0.4) is 0 Å². The van der Waals surface area contributed by atoms with Crippen molar-refractivity contribution in [3.05, 3.63) is 24.7 Å². The maximum Gasteiger partial charge on any atom is 0.425 e. The molecule has 2 amide bonds. The molecule has 0 radical (unpaired) electrons. The van der Waals surface area contributed by atoms with E-state index in [1.807, 2.05) is 42.6 Å². The maximum atomic E-state index is 14.3. The van der Waals surface area contributed by atoms with Crippen molar-refractivity contribution in [2.45, 2.75) is 148 Å². The number of likely N-dealkylation sites (N-methyl/N-ethyl adjacent to an activating group) is 1. The van der Waals surface area contributed by atoms with Crippen LogP contribution in [0.1, 0.15) is 81.1 Å². The number of aryl methyl sites for hydroxylation is 1. The average molecular weight is 802 g/mol. The third kappa shape index (κ3) is 9.13. The molecule has 1 unspecified atom stereocenters. The van der Waals surface area contributed by atoms with E-state index in [0.717, 1.165) is 11.2 Å². The van der Waals surface area contributed by atoms with E-state index in [-0.39, 0.29) is 30.9 Å². The van der Waals surface area contributed by atoms with Crippen molar-refractivity contribution in [1.82, 2.24) is 35.2 Å². The van der Waals surface area contributed by atoms with Crippen LogP contribution < -0.4 is 10.7 Å². The fraction of sp³-hybridized carbons (Fsp3) is 0.750. The molecule has 0 spiro atoms. The van der Waals surface area contributed by atoms with Gasteiger partial charge in [-0.1, -0.05) is 20.8 Å². The van der Waals surface area contributed by atoms with E-state index >= 15 is 0 Å². The van der Waals surface area contributed by atoms with Crippen LogP contribution in [0, 0.1) is 17.8 Å². The molecule has 3 N–H and O–H groups in total. The van der Waals surface area contributed by atoms with Crippen LogP contribution in [-0.2, 0) is 44.6 Å². The number of fused-ring (bicyclic) bond motifs is 2. The number of hydrogen-bond donors (Lipinski definition) is 3. The fourth-order valence-electron chi connectivity index (χ4n) is 8.88. The van der Waals surface area contributed by atoms with Crippen LogP contribution in [0.25, 0.3) is 11.2 Å². The van der Waals surface area contributed by atoms with E-state index in [4.69, 9.17) is 23.7 Å². The van der Waals surface area contributed by atoms with Crippen LogP contribution in [-0.4, -0.2) is 141 Å². The van der Waals surface area contributed by atoms with Gasteiger partial charge in [0.15, 0.2) is 23.3 Å². The van der Waals surface area contributed by atoms with E-state index in [9.17, 15) is 24.3 Å². The summed E-state index contributed by atoms with van der Waals surface area (Å²) in [6.45, 7) is 14.7. The Morgan fingerprint density at radius 1 is 1.11 bits per heavy atom. The Morgan fingerprint density at radius 2 is 1.82 bits per heavy atom. The summed E-state index contributed by atoms with van der Waals surface area (Å²) in [5, 5.41) is 15.9. The van der Waals surface area contributed by atoms with E-state index < -0.39 is 83.5 Å². The molecule has 3 fully saturated rings. The largest absolute Gasteiger partial charge is 0.457 e. The van der Waals surface area contributed by atoms with Gasteiger partial charge < -0.3 is 43.6 Å². The third-order valence-corrected chi connectivity index (χ3v) is 12.2. The summed E-state index contributed by atoms with van der Waals surface area (Å²) in [5.41, 5.74) is 2.02. The number of aliphatic hydroxyl groups is 1. The lowest BCUT2D eigenvalue weighted by Gasteiger charge is -2.46. The molecule has 0 aliphatic carbocycles. The highest BCUT2D eigenvalue weighted by Gasteiger charge is 2.59. The number of cyclic esters (lactones) is 1. The Bertz CT molecular complexity index is 1740. The summed E-state index contributed by atoms with van der Waals surface area (Å²) in [5.74, 6) is -4.55. The van der Waals surface area contributed by atoms with Gasteiger partial charge in [0, 0.05) is 44.3 Å². The standard InChI is InChI=1S/C40H63N7O10/c1-12-29-40(8)32(47(38(52)57-40)43-17-14-18-46-21-42-27-15-13-16-41-34(27)46)26(6)44-35(50)22(2)20-39(7,53-11)33(24(4)30(48)25(5)36(51)55-29)56-37-31(49)28(45(9)10)19-23(3)54-37/h13,15-16,21-26,28-29,31-33,37,43,49H,12,14,17-20H2,1-11H3,(H,44,50)/t22-,23-,24+,25-,26?,28+,29-,31-,32-,33+,37+,39+,40-/m1/s1. The van der Waals surface area contributed by atoms with Crippen LogP contribution in [0.4, 0.5) is 4.79 Å². The number of nitrogens with one attached hydrogen (secondary N) is 2. The quantitative estimate of drug-likeness (QED) is 0.180. The number of Topliss-reactive ketones (excluding diaryl/α,β-unsaturated/α-hetero) is 1. The summed E-state index contributed by atoms with van der Waals surface area (Å²) in [4.78, 5) is 66.9. The molecule has 0 bridgehead atoms. The number of hydrogen-bond acceptors (Lipinski definition) is 14. The van der Waals surface area contributed by atoms with Crippen LogP contribution in [0.2, 0.25) is 0 Å². The molecule has 3 aliphatic rings. The molecule has 3 saturated heterocycles. The predicted octanol–water partition coefficient (Wildman–Crippen LogP) is 2.83. The lowest BCUT2D eigenvalue weighted by Crippen LogP contribution is -2.63. The van der Waals surface area contributed by atoms with Gasteiger partial charge in [0.1, 0.15) is 29.7 Å². The number of ketones is 1. The Hall–Kier alpha value is -3.74. The second kappa shape index (κ2) is 18.0. The molecular weight excluding hydrogens is 738 g/mol. The number of hydrazine groups is 1. The second-order valence-electron chi connectivity index (χ2n) is 16.7. The molecule has 2 aromatic heterocycles. The van der Waals surface area contributed by atoms with Gasteiger partial charge in [0.05, 0.1) is 30.2 Å². The average Bonchev–Trinajstić information content (AvgIpc) is 3.70. The summed E-state index contributed by atoms with van der Waals surface area (Å²) in [6.07, 6.45) is -0.286. The van der Waals surface area contributed by atoms with Crippen molar-refractivity contribution in [2.24, 2.45) is 17.8 Å². The molecule has 13 atom stereocenters. The van der Waals surface area contributed by atoms with Crippen molar-refractivity contribution in [1.29, 1.82) is 0 Å². The van der Waals surface area contributed by atoms with E-state index in [2.05, 4.69) is 20.7 Å². The van der Waals surface area contributed by atoms with Gasteiger partial charge >= 0.3 is 12.1 Å². The van der Waals surface area contributed by atoms with Crippen molar-refractivity contribution in [3.63, 3.8) is 0 Å². The number of methoxy groups -OCH3 is 1. The zero-order chi connectivity index (χ0) is 42.0. The Morgan fingerprint density at radius 3 is 2.49 bits per heavy atom. The number of rotatable bonds is 10. The molecule has 3 aliphatic heterocycles. The highest BCUT2D eigenvalue weighted by molar-refractivity contribution is 6.00. The van der Waals surface area contributed by atoms with Gasteiger partial charge in [-0.3, -0.25) is 14.4 Å². The molecule has 2 aromatic rings. The third-order valence-electron chi connectivity index (χ3n) is 12.2. The highest BCUT2D eigenvalue weighted by atomic mass is 16.7. The SMILES string of the molecule is CC[C@H]1OC(=O)[C@H](C)C(=O)[C@H](C)[C@H](O[C@@H]2O[C@H](C)C[C@H](N(C)C)[C@H]2O)[C@@](C)(OC)C[C@@H](C)C(=O)NC(C)[C@H]2N(NCCCn3cnc4cccnc43)C(=O)O[C@]12C. The Labute approximate surface area is 335 Å². The van der Waals surface area contributed by atoms with Gasteiger partial charge in [-0.2, -0.15) is 0 Å². The maximum absolute atomic E-state index is 14.3. The summed E-state index contributed by atoms with van der Waals surface area (Å²) in [6, 6.07) is 1.88. The number of carbonyl (C=O) groups excluding carboxylic acids is 4. The van der Waals surface area contributed by atoms with Crippen LogP contribution >= 0.6 is 0 Å². The molecular formula is C40H63N7O10. The number of ether oxygens (including phenoxy) is 5. The molecule has 17 nitrogen and oxygen atoms in total. The van der Waals surface area contributed by atoms with Gasteiger partial charge in [0.2, 0.25) is 5.91 Å². The summed E-state index contributed by atoms with van der Waals surface area (Å²) in [7, 11) is 5.21. The Balaban J connectivity index is 1.44. The first-order valence-corrected chi connectivity index (χ1v) is 20.1. The van der Waals surface area contributed by atoms with Gasteiger partial charge in [-0.05, 0) is 86.5 Å². The number of aromatic nitrogens is 3. The first kappa shape index (κ1) is 44.4. The molecule has 5 rings (SSSR count). The lowest BCUT2D eigenvalue weighted by atomic mass is 9.78. The smallest absolute Gasteiger partial charge is 0.425 e. The Kier molecular flexibility index (Phi) is 14.0. The second-order valence-corrected chi connectivity index (χ2v) is 16.7. The number of aliphatic hydroxyl groups excluding tert-OH is 1. The number of pyridine rings is 1. The van der Waals surface area contributed by atoms with Crippen LogP contribution in [0.15, 0.2) is 24.7 Å². The van der Waals surface area contributed by atoms with Crippen molar-refractivity contribution in [3.8, 4) is 0 Å². The number of esters is 1. The summed E-state index contributed by atoms with van der Waals surface area (Å²) < 4.78 is 32.9. The number of carbonyl (C=O) groups is 4. The lowest BCUT2D eigenvalue weighted by molar-refractivity contribution is -0.295. The van der Waals surface area contributed by atoms with Crippen LogP contribution in [0.5, 0.6) is 0 Å². The fourth-order valence-corrected chi connectivity index (χ4v) is 8.88. The number of nitrogens with zero attached hydrogens (tertiary/aromatic N) is 5. The van der Waals surface area contributed by atoms with Gasteiger partial charge in [0.25, 0.3) is 0 Å². The minimum Gasteiger partial charge on any atom is -0.457 e. The van der Waals surface area contributed by atoms with E-state index in [0.29, 0.717) is 25.9 Å². The molecule has 318 valence electrons. The predicted molar refractivity (Wildman–Crippen MR) is 208 cm³/mol. The van der Waals surface area contributed by atoms with Crippen molar-refractivity contribution in [2.75, 3.05) is 27.7 Å². The number of imidazole rings is 1. The van der Waals surface area contributed by atoms with E-state index in [1.165, 1.54) is 19.0 Å². The minimum atomic E-state index is -1.44. The van der Waals surface area contributed by atoms with Gasteiger partial charge in [-0.25, -0.2) is 25.2 Å². The number of amides is 2. The molecule has 17 heteroatoms. The zero-order valence-corrected chi connectivity index (χ0v) is 35.3. The van der Waals surface area contributed by atoms with Crippen molar-refractivity contribution < 1.29 is 48.0 Å². The first-order chi connectivity index (χ1) is 26.9. The van der Waals surface area contributed by atoms with Crippen molar-refractivity contribution >= 4 is 34.9 Å². The summed E-state index contributed by atoms with van der Waals surface area (Å²) >= 11 is 0. The molecule has 0 aromatic carbocycles. The molecule has 0 saturated carbocycles. The monoisotopic (exact) mass is 801 g/mol. The molecule has 57 heavy (non-hydrogen) atoms. The minimum absolute atomic E-state index is 0.0906. The van der Waals surface area contributed by atoms with E-state index in [1.54, 1.807) is 54.1 Å².